The lowest BCUT2D eigenvalue weighted by molar-refractivity contribution is -0.709. The summed E-state index contributed by atoms with van der Waals surface area (Å²) in [5.74, 6) is 1.73. The molecule has 0 saturated carbocycles. The number of hydrogen-bond donors (Lipinski definition) is 1. The fourth-order valence-corrected chi connectivity index (χ4v) is 2.85. The molecule has 4 nitrogen and oxygen atoms in total. The van der Waals surface area contributed by atoms with Gasteiger partial charge in [0.05, 0.1) is 18.2 Å². The van der Waals surface area contributed by atoms with Crippen LogP contribution in [0.15, 0.2) is 18.2 Å². The van der Waals surface area contributed by atoms with Crippen LogP contribution in [0.25, 0.3) is 0 Å². The summed E-state index contributed by atoms with van der Waals surface area (Å²) in [5, 5.41) is 2.42. The van der Waals surface area contributed by atoms with Gasteiger partial charge in [-0.1, -0.05) is 0 Å². The highest BCUT2D eigenvalue weighted by atomic mass is 16.7. The normalized spacial score (nSPS) is 24.4. The number of nitrogens with two attached hydrogens (primary N) is 1. The van der Waals surface area contributed by atoms with Crippen LogP contribution in [0.5, 0.6) is 11.5 Å². The standard InChI is InChI=1S/C15H21NO3/c1-15(2)8-12(5-6-19-15)16-9-11-3-4-13-14(7-11)18-10-17-13/h3-4,7,12,16H,5-6,8-10H2,1-2H3/p+1/t12-/m1/s1. The van der Waals surface area contributed by atoms with Crippen LogP contribution in [0.3, 0.4) is 0 Å². The van der Waals surface area contributed by atoms with Crippen molar-refractivity contribution in [2.24, 2.45) is 0 Å². The average molecular weight is 264 g/mol. The Morgan fingerprint density at radius 1 is 1.26 bits per heavy atom. The molecular weight excluding hydrogens is 242 g/mol. The molecule has 2 N–H and O–H groups in total. The number of ether oxygens (including phenoxy) is 3. The smallest absolute Gasteiger partial charge is 0.231 e. The van der Waals surface area contributed by atoms with Crippen LogP contribution in [0.2, 0.25) is 0 Å². The van der Waals surface area contributed by atoms with E-state index in [-0.39, 0.29) is 5.60 Å². The second-order valence-electron chi connectivity index (χ2n) is 5.99. The van der Waals surface area contributed by atoms with Crippen molar-refractivity contribution in [1.29, 1.82) is 0 Å². The van der Waals surface area contributed by atoms with Crippen molar-refractivity contribution in [1.82, 2.24) is 0 Å². The molecule has 2 aliphatic rings. The molecule has 104 valence electrons. The average Bonchev–Trinajstić information content (AvgIpc) is 2.82. The molecule has 1 aromatic rings. The second kappa shape index (κ2) is 5.02. The van der Waals surface area contributed by atoms with Crippen LogP contribution in [0.4, 0.5) is 0 Å². The maximum atomic E-state index is 5.75. The van der Waals surface area contributed by atoms with Crippen LogP contribution in [0.1, 0.15) is 32.3 Å². The summed E-state index contributed by atoms with van der Waals surface area (Å²) in [4.78, 5) is 0. The molecule has 2 aliphatic heterocycles. The molecular formula is C15H22NO3+. The predicted octanol–water partition coefficient (Wildman–Crippen LogP) is 1.44. The van der Waals surface area contributed by atoms with Crippen molar-refractivity contribution in [2.75, 3.05) is 13.4 Å². The van der Waals surface area contributed by atoms with Gasteiger partial charge in [-0.05, 0) is 32.0 Å². The molecule has 0 spiro atoms. The predicted molar refractivity (Wildman–Crippen MR) is 71.2 cm³/mol. The van der Waals surface area contributed by atoms with Crippen LogP contribution in [-0.4, -0.2) is 25.0 Å². The highest BCUT2D eigenvalue weighted by Gasteiger charge is 2.30. The van der Waals surface area contributed by atoms with Gasteiger partial charge in [0.25, 0.3) is 0 Å². The van der Waals surface area contributed by atoms with E-state index in [1.165, 1.54) is 5.56 Å². The maximum absolute atomic E-state index is 5.75. The Bertz CT molecular complexity index is 459. The maximum Gasteiger partial charge on any atom is 0.231 e. The van der Waals surface area contributed by atoms with Gasteiger partial charge >= 0.3 is 0 Å². The largest absolute Gasteiger partial charge is 0.454 e. The summed E-state index contributed by atoms with van der Waals surface area (Å²) < 4.78 is 16.5. The minimum Gasteiger partial charge on any atom is -0.454 e. The minimum atomic E-state index is 0.0221. The molecule has 0 aliphatic carbocycles. The van der Waals surface area contributed by atoms with Crippen LogP contribution in [-0.2, 0) is 11.3 Å². The lowest BCUT2D eigenvalue weighted by atomic mass is 9.94. The van der Waals surface area contributed by atoms with Gasteiger partial charge in [-0.25, -0.2) is 0 Å². The Morgan fingerprint density at radius 2 is 2.11 bits per heavy atom. The number of rotatable bonds is 3. The quantitative estimate of drug-likeness (QED) is 0.898. The summed E-state index contributed by atoms with van der Waals surface area (Å²) in [6.45, 7) is 6.55. The second-order valence-corrected chi connectivity index (χ2v) is 5.99. The van der Waals surface area contributed by atoms with E-state index in [2.05, 4.69) is 31.3 Å². The zero-order valence-corrected chi connectivity index (χ0v) is 11.6. The monoisotopic (exact) mass is 264 g/mol. The van der Waals surface area contributed by atoms with E-state index in [1.807, 2.05) is 6.07 Å². The lowest BCUT2D eigenvalue weighted by Crippen LogP contribution is -2.89. The van der Waals surface area contributed by atoms with Crippen molar-refractivity contribution < 1.29 is 19.5 Å². The summed E-state index contributed by atoms with van der Waals surface area (Å²) in [6, 6.07) is 6.85. The summed E-state index contributed by atoms with van der Waals surface area (Å²) in [6.07, 6.45) is 2.24. The Kier molecular flexibility index (Phi) is 3.37. The third-order valence-corrected chi connectivity index (χ3v) is 3.86. The Hall–Kier alpha value is -1.26. The molecule has 1 saturated heterocycles. The Balaban J connectivity index is 1.57. The van der Waals surface area contributed by atoms with Crippen LogP contribution >= 0.6 is 0 Å². The highest BCUT2D eigenvalue weighted by Crippen LogP contribution is 2.32. The van der Waals surface area contributed by atoms with Crippen molar-refractivity contribution in [2.45, 2.75) is 44.9 Å². The van der Waals surface area contributed by atoms with E-state index in [0.29, 0.717) is 12.8 Å². The number of hydrogen-bond acceptors (Lipinski definition) is 3. The number of benzene rings is 1. The van der Waals surface area contributed by atoms with Gasteiger partial charge in [0.1, 0.15) is 6.54 Å². The Labute approximate surface area is 114 Å². The number of fused-ring (bicyclic) bond motifs is 1. The summed E-state index contributed by atoms with van der Waals surface area (Å²) in [5.41, 5.74) is 1.31. The third kappa shape index (κ3) is 3.01. The first-order valence-corrected chi connectivity index (χ1v) is 6.98. The van der Waals surface area contributed by atoms with Crippen molar-refractivity contribution in [3.63, 3.8) is 0 Å². The van der Waals surface area contributed by atoms with Gasteiger partial charge in [0.15, 0.2) is 11.5 Å². The molecule has 4 heteroatoms. The molecule has 2 heterocycles. The zero-order chi connectivity index (χ0) is 13.3. The molecule has 0 bridgehead atoms. The SMILES string of the molecule is CC1(C)C[C@H]([NH2+]Cc2ccc3c(c2)OCO3)CCO1. The molecule has 1 aromatic carbocycles. The highest BCUT2D eigenvalue weighted by molar-refractivity contribution is 5.44. The molecule has 3 rings (SSSR count). The lowest BCUT2D eigenvalue weighted by Gasteiger charge is -2.34. The summed E-state index contributed by atoms with van der Waals surface area (Å²) >= 11 is 0. The molecule has 0 unspecified atom stereocenters. The van der Waals surface area contributed by atoms with E-state index >= 15 is 0 Å². The molecule has 0 aromatic heterocycles. The molecule has 19 heavy (non-hydrogen) atoms. The van der Waals surface area contributed by atoms with E-state index in [9.17, 15) is 0 Å². The van der Waals surface area contributed by atoms with Crippen LogP contribution < -0.4 is 14.8 Å². The van der Waals surface area contributed by atoms with E-state index in [1.54, 1.807) is 0 Å². The van der Waals surface area contributed by atoms with Gasteiger partial charge < -0.3 is 19.5 Å². The topological polar surface area (TPSA) is 44.3 Å². The van der Waals surface area contributed by atoms with Crippen molar-refractivity contribution >= 4 is 0 Å². The van der Waals surface area contributed by atoms with Crippen LogP contribution in [0, 0.1) is 0 Å². The fourth-order valence-electron chi connectivity index (χ4n) is 2.85. The molecule has 1 atom stereocenters. The first-order chi connectivity index (χ1) is 9.12. The van der Waals surface area contributed by atoms with E-state index in [0.717, 1.165) is 37.5 Å². The first-order valence-electron chi connectivity index (χ1n) is 6.98. The Morgan fingerprint density at radius 3 is 2.95 bits per heavy atom. The van der Waals surface area contributed by atoms with Gasteiger partial charge in [0, 0.05) is 18.4 Å². The van der Waals surface area contributed by atoms with Gasteiger partial charge in [0.2, 0.25) is 6.79 Å². The van der Waals surface area contributed by atoms with Gasteiger partial charge in [-0.3, -0.25) is 0 Å². The van der Waals surface area contributed by atoms with E-state index in [4.69, 9.17) is 14.2 Å². The molecule has 1 fully saturated rings. The van der Waals surface area contributed by atoms with E-state index < -0.39 is 0 Å². The minimum absolute atomic E-state index is 0.0221. The fraction of sp³-hybridized carbons (Fsp3) is 0.600. The zero-order valence-electron chi connectivity index (χ0n) is 11.6. The van der Waals surface area contributed by atoms with Crippen molar-refractivity contribution in [3.05, 3.63) is 23.8 Å². The first kappa shape index (κ1) is 12.8. The van der Waals surface area contributed by atoms with Gasteiger partial charge in [-0.2, -0.15) is 0 Å². The molecule has 0 amide bonds. The van der Waals surface area contributed by atoms with Gasteiger partial charge in [-0.15, -0.1) is 0 Å². The molecule has 0 radical (unpaired) electrons. The third-order valence-electron chi connectivity index (χ3n) is 3.86. The number of quaternary nitrogens is 1. The summed E-state index contributed by atoms with van der Waals surface area (Å²) in [7, 11) is 0. The van der Waals surface area contributed by atoms with Crippen molar-refractivity contribution in [3.8, 4) is 11.5 Å².